The van der Waals surface area contributed by atoms with Gasteiger partial charge < -0.3 is 9.47 Å². The summed E-state index contributed by atoms with van der Waals surface area (Å²) in [6.07, 6.45) is 9.71. The molecule has 0 aliphatic rings. The Morgan fingerprint density at radius 3 is 1.88 bits per heavy atom. The van der Waals surface area contributed by atoms with E-state index in [0.29, 0.717) is 30.8 Å². The number of unbranched alkanes of at least 4 members (excludes halogenated alkanes) is 6. The molecule has 4 heteroatoms. The molecule has 0 aliphatic heterocycles. The van der Waals surface area contributed by atoms with Crippen molar-refractivity contribution in [1.29, 1.82) is 0 Å². The summed E-state index contributed by atoms with van der Waals surface area (Å²) in [5, 5.41) is 0. The van der Waals surface area contributed by atoms with Crippen LogP contribution in [-0.4, -0.2) is 11.9 Å². The highest BCUT2D eigenvalue weighted by Gasteiger charge is 2.17. The molecule has 0 heterocycles. The number of esters is 2. The van der Waals surface area contributed by atoms with Crippen molar-refractivity contribution < 1.29 is 19.1 Å². The van der Waals surface area contributed by atoms with Crippen LogP contribution < -0.4 is 9.47 Å². The zero-order valence-electron chi connectivity index (χ0n) is 16.6. The van der Waals surface area contributed by atoms with E-state index in [0.717, 1.165) is 56.9 Å². The number of carbonyl (C=O) groups is 2. The van der Waals surface area contributed by atoms with Crippen LogP contribution in [0.25, 0.3) is 0 Å². The molecule has 0 saturated carbocycles. The van der Waals surface area contributed by atoms with Crippen molar-refractivity contribution in [2.45, 2.75) is 91.4 Å². The quantitative estimate of drug-likeness (QED) is 0.245. The largest absolute Gasteiger partial charge is 0.423 e. The minimum absolute atomic E-state index is 0.262. The molecule has 0 aliphatic carbocycles. The van der Waals surface area contributed by atoms with Gasteiger partial charge in [0, 0.05) is 12.8 Å². The summed E-state index contributed by atoms with van der Waals surface area (Å²) in [5.41, 5.74) is 0.878. The first-order valence-electron chi connectivity index (χ1n) is 10.2. The molecule has 146 valence electrons. The van der Waals surface area contributed by atoms with E-state index in [-0.39, 0.29) is 11.9 Å². The maximum absolute atomic E-state index is 12.2. The molecular formula is C22H34O4. The van der Waals surface area contributed by atoms with Gasteiger partial charge in [0.1, 0.15) is 0 Å². The van der Waals surface area contributed by atoms with Crippen LogP contribution in [0, 0.1) is 0 Å². The minimum Gasteiger partial charge on any atom is -0.423 e. The van der Waals surface area contributed by atoms with Gasteiger partial charge in [0.2, 0.25) is 0 Å². The molecule has 0 aromatic heterocycles. The van der Waals surface area contributed by atoms with Gasteiger partial charge in [0.25, 0.3) is 0 Å². The van der Waals surface area contributed by atoms with Crippen LogP contribution in [0.2, 0.25) is 0 Å². The third-order valence-corrected chi connectivity index (χ3v) is 4.35. The van der Waals surface area contributed by atoms with Gasteiger partial charge in [-0.1, -0.05) is 71.4 Å². The Morgan fingerprint density at radius 2 is 1.35 bits per heavy atom. The van der Waals surface area contributed by atoms with Gasteiger partial charge in [0.05, 0.1) is 0 Å². The Morgan fingerprint density at radius 1 is 0.769 bits per heavy atom. The third kappa shape index (κ3) is 8.50. The van der Waals surface area contributed by atoms with Gasteiger partial charge in [-0.15, -0.1) is 0 Å². The molecule has 1 rings (SSSR count). The van der Waals surface area contributed by atoms with Crippen LogP contribution in [0.5, 0.6) is 11.5 Å². The fourth-order valence-electron chi connectivity index (χ4n) is 2.77. The lowest BCUT2D eigenvalue weighted by Crippen LogP contribution is -2.13. The molecule has 0 fully saturated rings. The van der Waals surface area contributed by atoms with E-state index in [4.69, 9.17) is 9.47 Å². The van der Waals surface area contributed by atoms with Gasteiger partial charge in [-0.3, -0.25) is 9.59 Å². The van der Waals surface area contributed by atoms with Crippen molar-refractivity contribution in [3.05, 3.63) is 23.8 Å². The minimum atomic E-state index is -0.269. The lowest BCUT2D eigenvalue weighted by atomic mass is 10.1. The second-order valence-electron chi connectivity index (χ2n) is 6.67. The topological polar surface area (TPSA) is 52.6 Å². The molecule has 0 saturated heterocycles. The third-order valence-electron chi connectivity index (χ3n) is 4.35. The average molecular weight is 363 g/mol. The lowest BCUT2D eigenvalue weighted by molar-refractivity contribution is -0.137. The molecule has 1 aromatic rings. The summed E-state index contributed by atoms with van der Waals surface area (Å²) in [5.74, 6) is 0.223. The van der Waals surface area contributed by atoms with E-state index in [1.54, 1.807) is 6.07 Å². The van der Waals surface area contributed by atoms with Crippen molar-refractivity contribution in [3.63, 3.8) is 0 Å². The summed E-state index contributed by atoms with van der Waals surface area (Å²) in [6.45, 7) is 6.26. The summed E-state index contributed by atoms with van der Waals surface area (Å²) < 4.78 is 11.1. The summed E-state index contributed by atoms with van der Waals surface area (Å²) in [7, 11) is 0. The second kappa shape index (κ2) is 13.4. The van der Waals surface area contributed by atoms with Gasteiger partial charge in [0.15, 0.2) is 11.5 Å². The average Bonchev–Trinajstić information content (AvgIpc) is 2.64. The first kappa shape index (κ1) is 22.2. The summed E-state index contributed by atoms with van der Waals surface area (Å²) in [6, 6.07) is 5.43. The fraction of sp³-hybridized carbons (Fsp3) is 0.636. The van der Waals surface area contributed by atoms with Crippen molar-refractivity contribution in [3.8, 4) is 11.5 Å². The lowest BCUT2D eigenvalue weighted by Gasteiger charge is -2.14. The van der Waals surface area contributed by atoms with Crippen molar-refractivity contribution in [2.24, 2.45) is 0 Å². The number of ether oxygens (including phenoxy) is 2. The van der Waals surface area contributed by atoms with E-state index >= 15 is 0 Å². The van der Waals surface area contributed by atoms with E-state index in [1.807, 2.05) is 19.1 Å². The van der Waals surface area contributed by atoms with Crippen LogP contribution in [0.3, 0.4) is 0 Å². The second-order valence-corrected chi connectivity index (χ2v) is 6.67. The highest BCUT2D eigenvalue weighted by Crippen LogP contribution is 2.32. The molecular weight excluding hydrogens is 328 g/mol. The molecule has 0 unspecified atom stereocenters. The molecule has 0 amide bonds. The predicted molar refractivity (Wildman–Crippen MR) is 105 cm³/mol. The zero-order valence-corrected chi connectivity index (χ0v) is 16.6. The van der Waals surface area contributed by atoms with Crippen LogP contribution >= 0.6 is 0 Å². The highest BCUT2D eigenvalue weighted by molar-refractivity contribution is 5.76. The number of para-hydroxylation sites is 1. The van der Waals surface area contributed by atoms with Crippen LogP contribution in [0.1, 0.15) is 90.5 Å². The number of hydrogen-bond acceptors (Lipinski definition) is 4. The molecule has 0 spiro atoms. The number of carbonyl (C=O) groups excluding carboxylic acids is 2. The zero-order chi connectivity index (χ0) is 19.2. The molecule has 26 heavy (non-hydrogen) atoms. The van der Waals surface area contributed by atoms with E-state index in [1.165, 1.54) is 0 Å². The SMILES string of the molecule is CCCCCCC(=O)Oc1cccc(CC)c1OC(=O)CCCCCC. The number of rotatable bonds is 13. The molecule has 0 bridgehead atoms. The maximum Gasteiger partial charge on any atom is 0.311 e. The maximum atomic E-state index is 12.2. The Balaban J connectivity index is 2.68. The summed E-state index contributed by atoms with van der Waals surface area (Å²) in [4.78, 5) is 24.3. The van der Waals surface area contributed by atoms with E-state index < -0.39 is 0 Å². The van der Waals surface area contributed by atoms with Crippen molar-refractivity contribution in [1.82, 2.24) is 0 Å². The number of hydrogen-bond donors (Lipinski definition) is 0. The molecule has 0 atom stereocenters. The Labute approximate surface area is 158 Å². The van der Waals surface area contributed by atoms with Crippen LogP contribution in [0.15, 0.2) is 18.2 Å². The molecule has 1 aromatic carbocycles. The normalized spacial score (nSPS) is 10.6. The number of aryl methyl sites for hydroxylation is 1. The molecule has 4 nitrogen and oxygen atoms in total. The Hall–Kier alpha value is -1.84. The van der Waals surface area contributed by atoms with E-state index in [2.05, 4.69) is 13.8 Å². The van der Waals surface area contributed by atoms with Gasteiger partial charge in [-0.2, -0.15) is 0 Å². The van der Waals surface area contributed by atoms with Gasteiger partial charge in [-0.05, 0) is 30.9 Å². The fourth-order valence-corrected chi connectivity index (χ4v) is 2.77. The smallest absolute Gasteiger partial charge is 0.311 e. The summed E-state index contributed by atoms with van der Waals surface area (Å²) >= 11 is 0. The Bertz CT molecular complexity index is 551. The highest BCUT2D eigenvalue weighted by atomic mass is 16.6. The standard InChI is InChI=1S/C22H34O4/c1-4-7-9-11-16-20(23)25-19-15-13-14-18(6-3)22(19)26-21(24)17-12-10-8-5-2/h13-15H,4-12,16-17H2,1-3H3. The Kier molecular flexibility index (Phi) is 11.4. The van der Waals surface area contributed by atoms with Crippen molar-refractivity contribution >= 4 is 11.9 Å². The van der Waals surface area contributed by atoms with Gasteiger partial charge >= 0.3 is 11.9 Å². The number of benzene rings is 1. The monoisotopic (exact) mass is 362 g/mol. The van der Waals surface area contributed by atoms with Gasteiger partial charge in [-0.25, -0.2) is 0 Å². The van der Waals surface area contributed by atoms with E-state index in [9.17, 15) is 9.59 Å². The van der Waals surface area contributed by atoms with Crippen LogP contribution in [0.4, 0.5) is 0 Å². The first-order valence-corrected chi connectivity index (χ1v) is 10.2. The van der Waals surface area contributed by atoms with Crippen molar-refractivity contribution in [2.75, 3.05) is 0 Å². The molecule has 0 radical (unpaired) electrons. The van der Waals surface area contributed by atoms with Crippen LogP contribution in [-0.2, 0) is 16.0 Å². The molecule has 0 N–H and O–H groups in total. The predicted octanol–water partition coefficient (Wildman–Crippen LogP) is 6.00. The first-order chi connectivity index (χ1) is 12.6.